The first-order chi connectivity index (χ1) is 20.4. The van der Waals surface area contributed by atoms with Crippen molar-refractivity contribution < 1.29 is 41.6 Å². The van der Waals surface area contributed by atoms with Crippen molar-refractivity contribution in [3.8, 4) is 6.07 Å². The van der Waals surface area contributed by atoms with Crippen molar-refractivity contribution in [1.29, 1.82) is 5.26 Å². The number of H-pyrrole nitrogens is 2. The van der Waals surface area contributed by atoms with E-state index in [-0.39, 0.29) is 54.9 Å². The molecule has 4 aromatic heterocycles. The molecule has 4 aromatic rings. The van der Waals surface area contributed by atoms with Crippen LogP contribution in [-0.4, -0.2) is 74.0 Å². The number of nitrogens with two attached hydrogens (primary N) is 1. The third-order valence-electron chi connectivity index (χ3n) is 6.37. The van der Waals surface area contributed by atoms with Crippen molar-refractivity contribution in [3.05, 3.63) is 40.3 Å². The van der Waals surface area contributed by atoms with E-state index in [1.54, 1.807) is 4.57 Å². The number of hydrogen-bond donors (Lipinski definition) is 5. The lowest BCUT2D eigenvalue weighted by molar-refractivity contribution is -0.742. The Labute approximate surface area is 253 Å². The third kappa shape index (κ3) is 6.82. The Kier molecular flexibility index (Phi) is 9.32. The summed E-state index contributed by atoms with van der Waals surface area (Å²) in [6, 6.07) is 3.52. The molecule has 1 aliphatic rings. The van der Waals surface area contributed by atoms with Crippen LogP contribution in [0.4, 0.5) is 5.95 Å². The molecular weight excluding hydrogens is 648 g/mol. The van der Waals surface area contributed by atoms with E-state index in [9.17, 15) is 19.5 Å². The summed E-state index contributed by atoms with van der Waals surface area (Å²) < 4.78 is 49.5. The van der Waals surface area contributed by atoms with Crippen LogP contribution in [0.2, 0.25) is 0 Å². The molecule has 0 aromatic carbocycles. The van der Waals surface area contributed by atoms with E-state index in [1.165, 1.54) is 37.4 Å². The second kappa shape index (κ2) is 12.7. The fourth-order valence-corrected chi connectivity index (χ4v) is 6.43. The molecular formula is C21H26N9O9P2S2+. The lowest BCUT2D eigenvalue weighted by atomic mass is 10.2. The molecule has 18 nitrogen and oxygen atoms in total. The topological polar surface area (TPSA) is 239 Å². The van der Waals surface area contributed by atoms with E-state index < -0.39 is 37.5 Å². The summed E-state index contributed by atoms with van der Waals surface area (Å²) in [6.45, 7) is -7.84. The van der Waals surface area contributed by atoms with Gasteiger partial charge >= 0.3 is 19.2 Å². The van der Waals surface area contributed by atoms with Crippen LogP contribution in [0.25, 0.3) is 22.3 Å². The lowest BCUT2D eigenvalue weighted by Crippen LogP contribution is -2.47. The number of imidazole rings is 2. The maximum absolute atomic E-state index is 13.5. The van der Waals surface area contributed by atoms with Crippen LogP contribution >= 0.6 is 25.8 Å². The molecule has 0 amide bonds. The van der Waals surface area contributed by atoms with Crippen LogP contribution in [0, 0.1) is 11.3 Å². The molecule has 1 saturated heterocycles. The van der Waals surface area contributed by atoms with Gasteiger partial charge in [0.15, 0.2) is 18.1 Å². The predicted molar refractivity (Wildman–Crippen MR) is 155 cm³/mol. The summed E-state index contributed by atoms with van der Waals surface area (Å²) in [7, 11) is 2.67. The van der Waals surface area contributed by atoms with E-state index in [1.807, 2.05) is 6.07 Å². The summed E-state index contributed by atoms with van der Waals surface area (Å²) in [5.74, 6) is 0.133. The van der Waals surface area contributed by atoms with Crippen LogP contribution in [0.5, 0.6) is 0 Å². The van der Waals surface area contributed by atoms with E-state index in [0.717, 1.165) is 0 Å². The monoisotopic (exact) mass is 674 g/mol. The summed E-state index contributed by atoms with van der Waals surface area (Å²) in [6.07, 6.45) is 0.150. The molecule has 0 aliphatic carbocycles. The van der Waals surface area contributed by atoms with E-state index >= 15 is 0 Å². The molecule has 0 spiro atoms. The number of aromatic amines is 2. The third-order valence-corrected chi connectivity index (χ3v) is 9.70. The highest BCUT2D eigenvalue weighted by Crippen LogP contribution is 2.56. The van der Waals surface area contributed by atoms with Crippen molar-refractivity contribution in [3.63, 3.8) is 0 Å². The molecule has 5 heterocycles. The first kappa shape index (κ1) is 31.6. The molecule has 5 rings (SSSR count). The summed E-state index contributed by atoms with van der Waals surface area (Å²) in [5.41, 5.74) is 6.57. The number of hydrogen-bond acceptors (Lipinski definition) is 14. The van der Waals surface area contributed by atoms with E-state index in [4.69, 9.17) is 45.1 Å². The van der Waals surface area contributed by atoms with Crippen LogP contribution in [0.3, 0.4) is 0 Å². The first-order valence-corrected chi connectivity index (χ1v) is 17.6. The van der Waals surface area contributed by atoms with E-state index in [0.29, 0.717) is 11.2 Å². The van der Waals surface area contributed by atoms with Gasteiger partial charge in [0.2, 0.25) is 11.7 Å². The van der Waals surface area contributed by atoms with E-state index in [2.05, 4.69) is 37.2 Å². The first-order valence-electron chi connectivity index (χ1n) is 12.3. The minimum absolute atomic E-state index is 0.0555. The van der Waals surface area contributed by atoms with Crippen molar-refractivity contribution in [1.82, 2.24) is 29.5 Å². The quantitative estimate of drug-likeness (QED) is 0.0793. The van der Waals surface area contributed by atoms with Crippen molar-refractivity contribution >= 4 is 65.8 Å². The zero-order valence-electron chi connectivity index (χ0n) is 22.5. The number of pyridine rings is 1. The number of nitriles is 1. The van der Waals surface area contributed by atoms with Gasteiger partial charge in [0.1, 0.15) is 30.1 Å². The highest BCUT2D eigenvalue weighted by molar-refractivity contribution is 8.44. The molecule has 5 unspecified atom stereocenters. The van der Waals surface area contributed by atoms with Gasteiger partial charge in [-0.15, -0.1) is 0 Å². The molecule has 22 heteroatoms. The number of fused-ring (bicyclic) bond motifs is 2. The molecule has 0 bridgehead atoms. The Morgan fingerprint density at radius 3 is 2.91 bits per heavy atom. The lowest BCUT2D eigenvalue weighted by Gasteiger charge is -2.24. The van der Waals surface area contributed by atoms with Gasteiger partial charge < -0.3 is 33.7 Å². The molecule has 5 atom stereocenters. The Morgan fingerprint density at radius 2 is 2.19 bits per heavy atom. The minimum Gasteiger partial charge on any atom is -0.376 e. The largest absolute Gasteiger partial charge is 0.387 e. The smallest absolute Gasteiger partial charge is 0.376 e. The van der Waals surface area contributed by atoms with Crippen LogP contribution in [-0.2, 0) is 57.1 Å². The molecule has 43 heavy (non-hydrogen) atoms. The number of thiol groups is 1. The number of ether oxygens (including phenoxy) is 2. The fraction of sp³-hybridized carbons (Fsp3) is 0.429. The van der Waals surface area contributed by atoms with Gasteiger partial charge in [0.25, 0.3) is 11.5 Å². The van der Waals surface area contributed by atoms with Gasteiger partial charge in [-0.2, -0.15) is 5.26 Å². The standard InChI is InChI=1S/C21H25N9O9P2S2/c1-34-13-8-36-20(30-10-25-15-18(30)27-21(23)28-19(15)31)16(13)39-41(33,43)38-9-14-26-12-5-11(6-22)7-24-17(12)29(14)3-4-37-40(32,42)35-2/h5,7,10,13,16,20H,3-4,8-9H2,1-2H3,(H5,23,27,28,31,32,33,42,43)/p+1. The van der Waals surface area contributed by atoms with Gasteiger partial charge in [-0.3, -0.25) is 23.8 Å². The van der Waals surface area contributed by atoms with Crippen LogP contribution < -0.4 is 15.9 Å². The zero-order valence-corrected chi connectivity index (χ0v) is 26.0. The molecule has 230 valence electrons. The number of rotatable bonds is 12. The maximum atomic E-state index is 13.5. The number of nitrogens with zero attached hydrogens (tertiary/aromatic N) is 6. The number of aromatic nitrogens is 7. The Balaban J connectivity index is 1.38. The fourth-order valence-electron chi connectivity index (χ4n) is 4.40. The second-order valence-corrected chi connectivity index (χ2v) is 14.8. The zero-order chi connectivity index (χ0) is 30.9. The van der Waals surface area contributed by atoms with Gasteiger partial charge in [-0.25, -0.2) is 19.1 Å². The van der Waals surface area contributed by atoms with Crippen LogP contribution in [0.15, 0.2) is 23.4 Å². The summed E-state index contributed by atoms with van der Waals surface area (Å²) in [4.78, 5) is 40.3. The number of nitrogens with one attached hydrogen (secondary N) is 2. The van der Waals surface area contributed by atoms with Gasteiger partial charge in [0, 0.05) is 27.0 Å². The Morgan fingerprint density at radius 1 is 1.40 bits per heavy atom. The maximum Gasteiger partial charge on any atom is 0.387 e. The van der Waals surface area contributed by atoms with Crippen LogP contribution in [0.1, 0.15) is 17.6 Å². The van der Waals surface area contributed by atoms with Gasteiger partial charge in [-0.05, 0) is 17.9 Å². The van der Waals surface area contributed by atoms with Gasteiger partial charge in [0.05, 0.1) is 18.8 Å². The Hall–Kier alpha value is -2.79. The minimum atomic E-state index is -4.14. The van der Waals surface area contributed by atoms with Crippen molar-refractivity contribution in [2.45, 2.75) is 31.6 Å². The average molecular weight is 675 g/mol. The number of nitrogen functional groups attached to an aromatic ring is 1. The number of methoxy groups -OCH3 is 1. The molecule has 1 aliphatic heterocycles. The second-order valence-electron chi connectivity index (χ2n) is 8.98. The number of anilines is 1. The van der Waals surface area contributed by atoms with Gasteiger partial charge in [-0.1, -0.05) is 17.2 Å². The van der Waals surface area contributed by atoms with Crippen molar-refractivity contribution in [2.75, 3.05) is 33.2 Å². The summed E-state index contributed by atoms with van der Waals surface area (Å²) in [5, 5.41) is 9.26. The molecule has 0 radical (unpaired) electrons. The SMILES string of the molecule is COC1COC([n+]2c[nH]c3c(=O)[nH]c(N)nc32)C1OP(=O)(S)OCc1nc2cc(C#N)cnc2n1CCOP(O)(=S)OC. The molecule has 1 fully saturated rings. The molecule has 5 N–H and O–H groups in total. The predicted octanol–water partition coefficient (Wildman–Crippen LogP) is 0.801. The highest BCUT2D eigenvalue weighted by Gasteiger charge is 2.47. The molecule has 0 saturated carbocycles. The Bertz CT molecular complexity index is 1860. The summed E-state index contributed by atoms with van der Waals surface area (Å²) >= 11 is 9.05. The average Bonchev–Trinajstić information content (AvgIpc) is 3.66. The normalized spacial score (nSPS) is 21.6. The highest BCUT2D eigenvalue weighted by atomic mass is 32.7. The van der Waals surface area contributed by atoms with Crippen molar-refractivity contribution in [2.24, 2.45) is 0 Å².